The summed E-state index contributed by atoms with van der Waals surface area (Å²) in [4.78, 5) is 0. The number of fused-ring (bicyclic) bond motifs is 8. The summed E-state index contributed by atoms with van der Waals surface area (Å²) in [6.07, 6.45) is 7.85. The van der Waals surface area contributed by atoms with Gasteiger partial charge in [0, 0.05) is 5.56 Å². The van der Waals surface area contributed by atoms with E-state index in [1.165, 1.54) is 55.7 Å². The van der Waals surface area contributed by atoms with Crippen LogP contribution >= 0.6 is 0 Å². The second kappa shape index (κ2) is 14.6. The lowest BCUT2D eigenvalue weighted by atomic mass is 9.92. The van der Waals surface area contributed by atoms with Crippen molar-refractivity contribution in [1.82, 2.24) is 0 Å². The fourth-order valence-corrected chi connectivity index (χ4v) is 6.33. The molecule has 0 fully saturated rings. The van der Waals surface area contributed by atoms with Crippen molar-refractivity contribution in [2.75, 3.05) is 28.4 Å². The average Bonchev–Trinajstić information content (AvgIpc) is 3.09. The number of aryl methyl sites for hydroxylation is 2. The number of ether oxygens (including phenoxy) is 4. The lowest BCUT2D eigenvalue weighted by Gasteiger charge is -2.16. The fraction of sp³-hybridized carbons (Fsp3) is 0.286. The Morgan fingerprint density at radius 2 is 0.804 bits per heavy atom. The first kappa shape index (κ1) is 32.7. The fourth-order valence-electron chi connectivity index (χ4n) is 6.33. The predicted molar refractivity (Wildman–Crippen MR) is 193 cm³/mol. The van der Waals surface area contributed by atoms with Gasteiger partial charge in [0.1, 0.15) is 23.0 Å². The van der Waals surface area contributed by atoms with Gasteiger partial charge < -0.3 is 18.9 Å². The van der Waals surface area contributed by atoms with Crippen molar-refractivity contribution in [3.8, 4) is 23.0 Å². The summed E-state index contributed by atoms with van der Waals surface area (Å²) < 4.78 is 23.1. The highest BCUT2D eigenvalue weighted by molar-refractivity contribution is 5.90. The molecule has 8 bridgehead atoms. The zero-order valence-corrected chi connectivity index (χ0v) is 28.5. The molecule has 0 aliphatic heterocycles. The van der Waals surface area contributed by atoms with Crippen LogP contribution < -0.4 is 18.9 Å². The van der Waals surface area contributed by atoms with Crippen LogP contribution in [-0.2, 0) is 19.3 Å². The molecular weight excluding hydrogens is 568 g/mol. The molecule has 4 aromatic rings. The molecule has 0 N–H and O–H groups in total. The van der Waals surface area contributed by atoms with E-state index in [-0.39, 0.29) is 0 Å². The summed E-state index contributed by atoms with van der Waals surface area (Å²) in [5.74, 6) is 3.58. The minimum atomic E-state index is 0.728. The minimum Gasteiger partial charge on any atom is -0.496 e. The van der Waals surface area contributed by atoms with Gasteiger partial charge in [-0.05, 0) is 163 Å². The molecule has 4 heteroatoms. The Labute approximate surface area is 275 Å². The van der Waals surface area contributed by atoms with E-state index in [1.54, 1.807) is 28.4 Å². The average molecular weight is 615 g/mol. The van der Waals surface area contributed by atoms with Gasteiger partial charge in [0.05, 0.1) is 28.4 Å². The molecule has 0 atom stereocenters. The summed E-state index contributed by atoms with van der Waals surface area (Å²) in [7, 11) is 6.97. The van der Waals surface area contributed by atoms with Gasteiger partial charge in [-0.2, -0.15) is 0 Å². The number of rotatable bonds is 4. The number of allylic oxidation sites excluding steroid dienone is 5. The maximum atomic E-state index is 5.80. The smallest absolute Gasteiger partial charge is 0.126 e. The van der Waals surface area contributed by atoms with Crippen molar-refractivity contribution < 1.29 is 18.9 Å². The van der Waals surface area contributed by atoms with E-state index in [0.717, 1.165) is 59.8 Å². The van der Waals surface area contributed by atoms with Crippen LogP contribution in [-0.4, -0.2) is 28.4 Å². The van der Waals surface area contributed by atoms with Gasteiger partial charge in [0.15, 0.2) is 0 Å². The van der Waals surface area contributed by atoms with Gasteiger partial charge in [-0.25, -0.2) is 0 Å². The largest absolute Gasteiger partial charge is 0.496 e. The van der Waals surface area contributed by atoms with Gasteiger partial charge in [0.2, 0.25) is 0 Å². The zero-order chi connectivity index (χ0) is 32.8. The second-order valence-electron chi connectivity index (χ2n) is 12.0. The topological polar surface area (TPSA) is 36.9 Å². The molecule has 1 aliphatic carbocycles. The lowest BCUT2D eigenvalue weighted by Crippen LogP contribution is -1.99. The first-order chi connectivity index (χ1) is 22.3. The monoisotopic (exact) mass is 614 g/mol. The van der Waals surface area contributed by atoms with Crippen LogP contribution in [0.25, 0.3) is 28.4 Å². The number of benzene rings is 4. The molecule has 5 rings (SSSR count). The summed E-state index contributed by atoms with van der Waals surface area (Å²) >= 11 is 0. The van der Waals surface area contributed by atoms with Crippen LogP contribution in [0.2, 0.25) is 0 Å². The SMILES string of the molecule is COc1ccc2cc1/C=C/Cc1cc(ccc1OC)/C(C)=C(/C)c1ccc(OC)c(c1)CCCc1cc(ccc1OC)/C(C)=C\2C. The maximum Gasteiger partial charge on any atom is 0.126 e. The van der Waals surface area contributed by atoms with Crippen molar-refractivity contribution in [2.45, 2.75) is 53.4 Å². The molecule has 4 aromatic carbocycles. The zero-order valence-electron chi connectivity index (χ0n) is 28.5. The van der Waals surface area contributed by atoms with Gasteiger partial charge in [-0.3, -0.25) is 0 Å². The van der Waals surface area contributed by atoms with Crippen molar-refractivity contribution in [1.29, 1.82) is 0 Å². The quantitative estimate of drug-likeness (QED) is 0.229. The molecule has 0 saturated heterocycles. The molecule has 46 heavy (non-hydrogen) atoms. The van der Waals surface area contributed by atoms with Gasteiger partial charge in [-0.1, -0.05) is 36.4 Å². The molecule has 238 valence electrons. The minimum absolute atomic E-state index is 0.728. The molecular formula is C42H46O4. The number of methoxy groups -OCH3 is 4. The highest BCUT2D eigenvalue weighted by atomic mass is 16.5. The third-order valence-corrected chi connectivity index (χ3v) is 9.46. The van der Waals surface area contributed by atoms with E-state index in [2.05, 4.69) is 113 Å². The summed E-state index contributed by atoms with van der Waals surface area (Å²) in [6, 6.07) is 26.0. The molecule has 0 heterocycles. The van der Waals surface area contributed by atoms with Crippen LogP contribution in [0, 0.1) is 0 Å². The number of hydrogen-bond acceptors (Lipinski definition) is 4. The number of hydrogen-bond donors (Lipinski definition) is 0. The molecule has 0 aromatic heterocycles. The predicted octanol–water partition coefficient (Wildman–Crippen LogP) is 10.4. The van der Waals surface area contributed by atoms with Crippen LogP contribution in [0.5, 0.6) is 23.0 Å². The maximum absolute atomic E-state index is 5.80. The Morgan fingerprint density at radius 3 is 1.24 bits per heavy atom. The van der Waals surface area contributed by atoms with E-state index in [1.807, 2.05) is 0 Å². The van der Waals surface area contributed by atoms with Crippen molar-refractivity contribution in [3.05, 3.63) is 123 Å². The van der Waals surface area contributed by atoms with Gasteiger partial charge in [0.25, 0.3) is 0 Å². The second-order valence-corrected chi connectivity index (χ2v) is 12.0. The first-order valence-electron chi connectivity index (χ1n) is 16.0. The molecule has 0 unspecified atom stereocenters. The highest BCUT2D eigenvalue weighted by Crippen LogP contribution is 2.35. The van der Waals surface area contributed by atoms with E-state index < -0.39 is 0 Å². The van der Waals surface area contributed by atoms with Crippen molar-refractivity contribution >= 4 is 28.4 Å². The summed E-state index contributed by atoms with van der Waals surface area (Å²) in [5.41, 5.74) is 14.3. The molecule has 0 spiro atoms. The van der Waals surface area contributed by atoms with Crippen LogP contribution in [0.3, 0.4) is 0 Å². The summed E-state index contributed by atoms with van der Waals surface area (Å²) in [6.45, 7) is 8.80. The molecule has 4 nitrogen and oxygen atoms in total. The Morgan fingerprint density at radius 1 is 0.435 bits per heavy atom. The van der Waals surface area contributed by atoms with Crippen LogP contribution in [0.1, 0.15) is 78.6 Å². The van der Waals surface area contributed by atoms with Crippen LogP contribution in [0.4, 0.5) is 0 Å². The van der Waals surface area contributed by atoms with Crippen molar-refractivity contribution in [2.24, 2.45) is 0 Å². The summed E-state index contributed by atoms with van der Waals surface area (Å²) in [5, 5.41) is 0. The van der Waals surface area contributed by atoms with Gasteiger partial charge >= 0.3 is 0 Å². The van der Waals surface area contributed by atoms with E-state index >= 15 is 0 Å². The first-order valence-corrected chi connectivity index (χ1v) is 16.0. The van der Waals surface area contributed by atoms with Crippen LogP contribution in [0.15, 0.2) is 78.9 Å². The molecule has 0 radical (unpaired) electrons. The van der Waals surface area contributed by atoms with E-state index in [4.69, 9.17) is 18.9 Å². The van der Waals surface area contributed by atoms with E-state index in [0.29, 0.717) is 0 Å². The normalized spacial score (nSPS) is 17.7. The van der Waals surface area contributed by atoms with Crippen molar-refractivity contribution in [3.63, 3.8) is 0 Å². The molecule has 0 saturated carbocycles. The standard InChI is InChI=1S/C42H46O4/c1-27-28(2)32-16-20-40(44-6)36(24-32)12-10-14-38-26-34(18-22-42(38)46-8)30(4)29(3)33-17-21-41(45-7)37(25-33)13-9-11-35-23-31(27)15-19-39(35)43-5/h9,11,15-26H,10,12-14H2,1-8H3/b11-9+,28-27-,30-29-. The molecule has 0 amide bonds. The lowest BCUT2D eigenvalue weighted by molar-refractivity contribution is 0.406. The Balaban J connectivity index is 1.67. The Bertz CT molecular complexity index is 1820. The third-order valence-electron chi connectivity index (χ3n) is 9.46. The Hall–Kier alpha value is -4.70. The van der Waals surface area contributed by atoms with Gasteiger partial charge in [-0.15, -0.1) is 0 Å². The van der Waals surface area contributed by atoms with E-state index in [9.17, 15) is 0 Å². The third kappa shape index (κ3) is 6.92. The highest BCUT2D eigenvalue weighted by Gasteiger charge is 2.14. The Kier molecular flexibility index (Phi) is 10.4. The molecule has 1 aliphatic rings.